The molecule has 0 spiro atoms. The van der Waals surface area contributed by atoms with E-state index in [1.165, 1.54) is 12.1 Å². The van der Waals surface area contributed by atoms with Crippen LogP contribution in [0.15, 0.2) is 26.5 Å². The largest absolute Gasteiger partial charge is 0.442 e. The molecule has 0 radical (unpaired) electrons. The van der Waals surface area contributed by atoms with E-state index in [1.54, 1.807) is 13.8 Å². The molecule has 2 rings (SSSR count). The van der Waals surface area contributed by atoms with Crippen LogP contribution in [0.2, 0.25) is 0 Å². The maximum atomic E-state index is 11.7. The van der Waals surface area contributed by atoms with Crippen LogP contribution in [0.3, 0.4) is 0 Å². The molecule has 2 heterocycles. The molecule has 6 nitrogen and oxygen atoms in total. The van der Waals surface area contributed by atoms with Gasteiger partial charge in [0.1, 0.15) is 16.5 Å². The van der Waals surface area contributed by atoms with Crippen molar-refractivity contribution in [3.63, 3.8) is 0 Å². The molecule has 6 heteroatoms. The highest BCUT2D eigenvalue weighted by Crippen LogP contribution is 2.09. The molecule has 2 aromatic heterocycles. The molecule has 0 bridgehead atoms. The minimum Gasteiger partial charge on any atom is -0.442 e. The first-order valence-corrected chi connectivity index (χ1v) is 4.59. The molecule has 0 aliphatic heterocycles. The summed E-state index contributed by atoms with van der Waals surface area (Å²) in [6, 6.07) is 2.65. The summed E-state index contributed by atoms with van der Waals surface area (Å²) in [7, 11) is 0. The Morgan fingerprint density at radius 3 is 2.69 bits per heavy atom. The summed E-state index contributed by atoms with van der Waals surface area (Å²) < 4.78 is 5.99. The topological polar surface area (TPSA) is 88.0 Å². The maximum Gasteiger partial charge on any atom is 0.246 e. The minimum absolute atomic E-state index is 0.0298. The molecule has 0 fully saturated rings. The number of rotatable bonds is 0. The van der Waals surface area contributed by atoms with Gasteiger partial charge in [0, 0.05) is 6.07 Å². The van der Waals surface area contributed by atoms with E-state index >= 15 is 0 Å². The summed E-state index contributed by atoms with van der Waals surface area (Å²) in [4.78, 5) is 11.7. The summed E-state index contributed by atoms with van der Waals surface area (Å²) in [5, 5.41) is 21.6. The fourth-order valence-corrected chi connectivity index (χ4v) is 1.55. The molecule has 84 valence electrons. The quantitative estimate of drug-likeness (QED) is 0.391. The van der Waals surface area contributed by atoms with Gasteiger partial charge in [-0.05, 0) is 19.9 Å². The van der Waals surface area contributed by atoms with Gasteiger partial charge in [0.15, 0.2) is 5.43 Å². The van der Waals surface area contributed by atoms with Gasteiger partial charge in [0.25, 0.3) is 0 Å². The van der Waals surface area contributed by atoms with Crippen LogP contribution in [-0.4, -0.2) is 15.1 Å². The first-order valence-electron chi connectivity index (χ1n) is 4.59. The number of pyridine rings is 1. The zero-order valence-corrected chi connectivity index (χ0v) is 8.76. The van der Waals surface area contributed by atoms with Crippen LogP contribution in [0.1, 0.15) is 11.5 Å². The van der Waals surface area contributed by atoms with E-state index < -0.39 is 0 Å². The van der Waals surface area contributed by atoms with Crippen LogP contribution in [0.25, 0.3) is 11.1 Å². The molecule has 0 aliphatic rings. The van der Waals surface area contributed by atoms with E-state index in [9.17, 15) is 10.0 Å². The molecule has 0 amide bonds. The van der Waals surface area contributed by atoms with Crippen molar-refractivity contribution in [3.8, 4) is 0 Å². The van der Waals surface area contributed by atoms with Crippen molar-refractivity contribution < 1.29 is 14.8 Å². The molecule has 16 heavy (non-hydrogen) atoms. The molecule has 0 aliphatic carbocycles. The highest BCUT2D eigenvalue weighted by Gasteiger charge is 2.11. The highest BCUT2D eigenvalue weighted by atomic mass is 16.5. The van der Waals surface area contributed by atoms with Gasteiger partial charge in [0.2, 0.25) is 5.71 Å². The third-order valence-corrected chi connectivity index (χ3v) is 2.29. The lowest BCUT2D eigenvalue weighted by Gasteiger charge is -2.06. The molecule has 0 saturated carbocycles. The molecule has 0 atom stereocenters. The lowest BCUT2D eigenvalue weighted by atomic mass is 10.2. The fourth-order valence-electron chi connectivity index (χ4n) is 1.55. The first-order chi connectivity index (χ1) is 7.54. The van der Waals surface area contributed by atoms with Crippen molar-refractivity contribution in [2.45, 2.75) is 13.8 Å². The Morgan fingerprint density at radius 1 is 1.38 bits per heavy atom. The summed E-state index contributed by atoms with van der Waals surface area (Å²) in [5.74, 6) is 0.370. The maximum absolute atomic E-state index is 11.7. The van der Waals surface area contributed by atoms with E-state index in [1.807, 2.05) is 0 Å². The van der Waals surface area contributed by atoms with E-state index in [2.05, 4.69) is 5.16 Å². The van der Waals surface area contributed by atoms with Gasteiger partial charge in [0.05, 0.1) is 5.69 Å². The van der Waals surface area contributed by atoms with Crippen LogP contribution in [-0.2, 0) is 0 Å². The van der Waals surface area contributed by atoms with Gasteiger partial charge in [-0.2, -0.15) is 4.73 Å². The van der Waals surface area contributed by atoms with E-state index in [4.69, 9.17) is 9.62 Å². The first kappa shape index (κ1) is 10.3. The number of aryl methyl sites for hydroxylation is 2. The lowest BCUT2D eigenvalue weighted by Crippen LogP contribution is -2.18. The predicted octanol–water partition coefficient (Wildman–Crippen LogP) is 0.739. The standard InChI is InChI=1S/C10H10N2O4/c1-5-3-7(11-14)9-8(13)4-6(2)16-10(9)12(5)15/h3-4,14-15H,1-2H3/b11-7-. The number of hydrogen-bond acceptors (Lipinski definition) is 5. The Kier molecular flexibility index (Phi) is 2.19. The molecule has 0 saturated heterocycles. The van der Waals surface area contributed by atoms with Crippen molar-refractivity contribution in [3.05, 3.63) is 39.2 Å². The molecule has 2 aromatic rings. The molecular formula is C10H10N2O4. The number of hydrogen-bond donors (Lipinski definition) is 2. The Labute approximate surface area is 89.6 Å². The second-order valence-corrected chi connectivity index (χ2v) is 3.48. The van der Waals surface area contributed by atoms with Gasteiger partial charge in [-0.25, -0.2) is 0 Å². The Bertz CT molecular complexity index is 682. The Balaban J connectivity index is 3.18. The summed E-state index contributed by atoms with van der Waals surface area (Å²) in [6.07, 6.45) is 0. The van der Waals surface area contributed by atoms with Crippen molar-refractivity contribution in [1.29, 1.82) is 0 Å². The van der Waals surface area contributed by atoms with Gasteiger partial charge in [-0.3, -0.25) is 4.79 Å². The van der Waals surface area contributed by atoms with Crippen LogP contribution in [0.5, 0.6) is 0 Å². The van der Waals surface area contributed by atoms with Gasteiger partial charge in [-0.1, -0.05) is 5.16 Å². The summed E-state index contributed by atoms with van der Waals surface area (Å²) in [5.41, 5.74) is 0.00111. The van der Waals surface area contributed by atoms with Crippen LogP contribution < -0.4 is 10.8 Å². The number of fused-ring (bicyclic) bond motifs is 1. The van der Waals surface area contributed by atoms with Crippen LogP contribution in [0.4, 0.5) is 0 Å². The molecule has 0 aromatic carbocycles. The second-order valence-electron chi connectivity index (χ2n) is 3.48. The average molecular weight is 222 g/mol. The SMILES string of the molecule is Cc1cc(=O)c2/c(=N\O)cc(C)n(O)c2o1. The van der Waals surface area contributed by atoms with Crippen molar-refractivity contribution >= 4 is 11.1 Å². The summed E-state index contributed by atoms with van der Waals surface area (Å²) in [6.45, 7) is 3.19. The van der Waals surface area contributed by atoms with Gasteiger partial charge < -0.3 is 14.8 Å². The zero-order chi connectivity index (χ0) is 11.9. The van der Waals surface area contributed by atoms with Crippen LogP contribution >= 0.6 is 0 Å². The van der Waals surface area contributed by atoms with E-state index in [0.29, 0.717) is 11.5 Å². The van der Waals surface area contributed by atoms with E-state index in [0.717, 1.165) is 4.73 Å². The van der Waals surface area contributed by atoms with Crippen molar-refractivity contribution in [2.75, 3.05) is 0 Å². The van der Waals surface area contributed by atoms with Gasteiger partial charge in [-0.15, -0.1) is 0 Å². The normalized spacial score (nSPS) is 12.2. The van der Waals surface area contributed by atoms with Crippen molar-refractivity contribution in [1.82, 2.24) is 4.73 Å². The van der Waals surface area contributed by atoms with E-state index in [-0.39, 0.29) is 21.9 Å². The lowest BCUT2D eigenvalue weighted by molar-refractivity contribution is 0.177. The molecule has 0 unspecified atom stereocenters. The van der Waals surface area contributed by atoms with Crippen molar-refractivity contribution in [2.24, 2.45) is 5.16 Å². The molecular weight excluding hydrogens is 212 g/mol. The monoisotopic (exact) mass is 222 g/mol. The third kappa shape index (κ3) is 1.35. The smallest absolute Gasteiger partial charge is 0.246 e. The Hall–Kier alpha value is -2.24. The predicted molar refractivity (Wildman–Crippen MR) is 54.5 cm³/mol. The Morgan fingerprint density at radius 2 is 2.06 bits per heavy atom. The fraction of sp³-hybridized carbons (Fsp3) is 0.200. The molecule has 2 N–H and O–H groups in total. The highest BCUT2D eigenvalue weighted by molar-refractivity contribution is 5.72. The third-order valence-electron chi connectivity index (χ3n) is 2.29. The zero-order valence-electron chi connectivity index (χ0n) is 8.76. The number of nitrogens with zero attached hydrogens (tertiary/aromatic N) is 2. The number of aromatic nitrogens is 1. The average Bonchev–Trinajstić information content (AvgIpc) is 2.23. The van der Waals surface area contributed by atoms with Gasteiger partial charge >= 0.3 is 0 Å². The summed E-state index contributed by atoms with van der Waals surface area (Å²) >= 11 is 0. The second kappa shape index (κ2) is 3.41. The van der Waals surface area contributed by atoms with Crippen LogP contribution in [0, 0.1) is 13.8 Å². The minimum atomic E-state index is -0.366.